The summed E-state index contributed by atoms with van der Waals surface area (Å²) in [5.74, 6) is 0. The number of rotatable bonds is 5. The minimum absolute atomic E-state index is 0.0465. The van der Waals surface area contributed by atoms with Gasteiger partial charge in [-0.3, -0.25) is 0 Å². The van der Waals surface area contributed by atoms with Gasteiger partial charge in [-0.15, -0.1) is 0 Å². The Hall–Kier alpha value is -1.56. The van der Waals surface area contributed by atoms with E-state index in [4.69, 9.17) is 23.2 Å². The fourth-order valence-corrected chi connectivity index (χ4v) is 4.25. The van der Waals surface area contributed by atoms with Gasteiger partial charge in [0.05, 0.1) is 11.6 Å². The zero-order valence-electron chi connectivity index (χ0n) is 13.3. The van der Waals surface area contributed by atoms with Crippen LogP contribution < -0.4 is 0 Å². The topological polar surface area (TPSA) is 43.6 Å². The van der Waals surface area contributed by atoms with E-state index in [0.717, 1.165) is 22.1 Å². The number of hydrogen-bond acceptors (Lipinski definition) is 4. The van der Waals surface area contributed by atoms with E-state index in [1.165, 1.54) is 0 Å². The molecule has 0 radical (unpaired) electrons. The molecule has 24 heavy (non-hydrogen) atoms. The van der Waals surface area contributed by atoms with Gasteiger partial charge in [0.15, 0.2) is 5.16 Å². The van der Waals surface area contributed by atoms with Crippen molar-refractivity contribution >= 4 is 35.0 Å². The Morgan fingerprint density at radius 3 is 2.50 bits per heavy atom. The van der Waals surface area contributed by atoms with Crippen molar-refractivity contribution in [2.45, 2.75) is 30.8 Å². The van der Waals surface area contributed by atoms with E-state index in [9.17, 15) is 0 Å². The van der Waals surface area contributed by atoms with Gasteiger partial charge in [0.25, 0.3) is 0 Å². The van der Waals surface area contributed by atoms with Crippen LogP contribution in [0.4, 0.5) is 0 Å². The predicted octanol–water partition coefficient (Wildman–Crippen LogP) is 5.13. The molecule has 2 heterocycles. The Morgan fingerprint density at radius 1 is 1.12 bits per heavy atom. The molecule has 0 N–H and O–H groups in total. The van der Waals surface area contributed by atoms with Crippen molar-refractivity contribution in [1.82, 2.24) is 19.5 Å². The van der Waals surface area contributed by atoms with Crippen LogP contribution in [0.1, 0.15) is 22.2 Å². The van der Waals surface area contributed by atoms with Crippen molar-refractivity contribution in [2.75, 3.05) is 0 Å². The highest BCUT2D eigenvalue weighted by Gasteiger charge is 2.19. The summed E-state index contributed by atoms with van der Waals surface area (Å²) < 4.78 is 2.02. The minimum Gasteiger partial charge on any atom is -0.336 e. The molecule has 0 fully saturated rings. The Labute approximate surface area is 155 Å². The number of imidazole rings is 1. The third-order valence-electron chi connectivity index (χ3n) is 3.45. The van der Waals surface area contributed by atoms with Crippen LogP contribution in [0.25, 0.3) is 0 Å². The van der Waals surface area contributed by atoms with Gasteiger partial charge in [-0.1, -0.05) is 41.0 Å². The van der Waals surface area contributed by atoms with Crippen LogP contribution in [0.3, 0.4) is 0 Å². The standard InChI is InChI=1S/C17H16Cl2N4S/c1-11-7-12(2)22-17(21-11)24-16(9-23-6-5-20-10-23)14-4-3-13(18)8-15(14)19/h3-8,10,16H,9H2,1-2H3/t16-/m0/s1. The van der Waals surface area contributed by atoms with E-state index in [2.05, 4.69) is 15.0 Å². The van der Waals surface area contributed by atoms with Crippen molar-refractivity contribution in [3.8, 4) is 0 Å². The van der Waals surface area contributed by atoms with Crippen LogP contribution in [0.15, 0.2) is 48.1 Å². The van der Waals surface area contributed by atoms with Crippen LogP contribution in [0.2, 0.25) is 10.0 Å². The van der Waals surface area contributed by atoms with Crippen LogP contribution >= 0.6 is 35.0 Å². The van der Waals surface area contributed by atoms with Gasteiger partial charge in [-0.2, -0.15) is 0 Å². The summed E-state index contributed by atoms with van der Waals surface area (Å²) >= 11 is 14.1. The Morgan fingerprint density at radius 2 is 1.88 bits per heavy atom. The molecule has 124 valence electrons. The van der Waals surface area contributed by atoms with Crippen molar-refractivity contribution in [3.63, 3.8) is 0 Å². The first-order valence-electron chi connectivity index (χ1n) is 7.41. The normalized spacial score (nSPS) is 12.3. The molecule has 0 aliphatic heterocycles. The first-order valence-corrected chi connectivity index (χ1v) is 9.04. The van der Waals surface area contributed by atoms with E-state index >= 15 is 0 Å². The van der Waals surface area contributed by atoms with E-state index < -0.39 is 0 Å². The molecule has 0 saturated heterocycles. The molecule has 1 aromatic carbocycles. The largest absolute Gasteiger partial charge is 0.336 e. The lowest BCUT2D eigenvalue weighted by molar-refractivity contribution is 0.681. The van der Waals surface area contributed by atoms with E-state index in [1.807, 2.05) is 42.8 Å². The van der Waals surface area contributed by atoms with E-state index in [0.29, 0.717) is 16.6 Å². The molecule has 0 aliphatic carbocycles. The third kappa shape index (κ3) is 4.29. The number of halogens is 2. The molecule has 3 aromatic rings. The van der Waals surface area contributed by atoms with Gasteiger partial charge >= 0.3 is 0 Å². The van der Waals surface area contributed by atoms with Crippen molar-refractivity contribution in [3.05, 3.63) is 70.0 Å². The second-order valence-corrected chi connectivity index (χ2v) is 7.48. The molecule has 2 aromatic heterocycles. The van der Waals surface area contributed by atoms with E-state index in [1.54, 1.807) is 30.4 Å². The second-order valence-electron chi connectivity index (χ2n) is 5.47. The SMILES string of the molecule is Cc1cc(C)nc(S[C@@H](Cn2ccnc2)c2ccc(Cl)cc2Cl)n1. The molecule has 1 atom stereocenters. The predicted molar refractivity (Wildman–Crippen MR) is 98.8 cm³/mol. The highest BCUT2D eigenvalue weighted by molar-refractivity contribution is 7.99. The molecule has 3 rings (SSSR count). The minimum atomic E-state index is 0.0465. The molecule has 0 unspecified atom stereocenters. The highest BCUT2D eigenvalue weighted by Crippen LogP contribution is 2.39. The molecule has 0 bridgehead atoms. The first-order chi connectivity index (χ1) is 11.5. The average molecular weight is 379 g/mol. The summed E-state index contributed by atoms with van der Waals surface area (Å²) in [4.78, 5) is 13.2. The molecule has 0 spiro atoms. The first kappa shape index (κ1) is 17.3. The number of benzene rings is 1. The average Bonchev–Trinajstić information content (AvgIpc) is 2.98. The monoisotopic (exact) mass is 378 g/mol. The molecule has 4 nitrogen and oxygen atoms in total. The van der Waals surface area contributed by atoms with Crippen molar-refractivity contribution in [1.29, 1.82) is 0 Å². The maximum absolute atomic E-state index is 6.43. The second kappa shape index (κ2) is 7.55. The summed E-state index contributed by atoms with van der Waals surface area (Å²) in [5.41, 5.74) is 2.91. The lowest BCUT2D eigenvalue weighted by Crippen LogP contribution is -2.07. The van der Waals surface area contributed by atoms with Crippen LogP contribution in [-0.4, -0.2) is 19.5 Å². The fourth-order valence-electron chi connectivity index (χ4n) is 2.42. The summed E-state index contributed by atoms with van der Waals surface area (Å²) in [6, 6.07) is 7.54. The van der Waals surface area contributed by atoms with Gasteiger partial charge in [0.2, 0.25) is 0 Å². The Balaban J connectivity index is 1.94. The quantitative estimate of drug-likeness (QED) is 0.455. The third-order valence-corrected chi connectivity index (χ3v) is 5.10. The molecular formula is C17H16Cl2N4S. The summed E-state index contributed by atoms with van der Waals surface area (Å²) in [7, 11) is 0. The van der Waals surface area contributed by atoms with E-state index in [-0.39, 0.29) is 5.25 Å². The Bertz CT molecular complexity index is 816. The van der Waals surface area contributed by atoms with Crippen LogP contribution in [0, 0.1) is 13.8 Å². The van der Waals surface area contributed by atoms with Gasteiger partial charge in [0, 0.05) is 40.4 Å². The molecule has 0 aliphatic rings. The maximum atomic E-state index is 6.43. The van der Waals surface area contributed by atoms with Gasteiger partial charge in [0.1, 0.15) is 0 Å². The summed E-state index contributed by atoms with van der Waals surface area (Å²) in [5, 5.41) is 2.05. The van der Waals surface area contributed by atoms with Crippen LogP contribution in [-0.2, 0) is 6.54 Å². The van der Waals surface area contributed by atoms with Gasteiger partial charge in [-0.05, 0) is 37.6 Å². The van der Waals surface area contributed by atoms with Crippen molar-refractivity contribution in [2.24, 2.45) is 0 Å². The van der Waals surface area contributed by atoms with Crippen molar-refractivity contribution < 1.29 is 0 Å². The lowest BCUT2D eigenvalue weighted by Gasteiger charge is -2.18. The number of aryl methyl sites for hydroxylation is 2. The number of hydrogen-bond donors (Lipinski definition) is 0. The smallest absolute Gasteiger partial charge is 0.188 e. The number of aromatic nitrogens is 4. The number of thioether (sulfide) groups is 1. The lowest BCUT2D eigenvalue weighted by atomic mass is 10.1. The summed E-state index contributed by atoms with van der Waals surface area (Å²) in [6.07, 6.45) is 5.48. The summed E-state index contributed by atoms with van der Waals surface area (Å²) in [6.45, 7) is 4.65. The van der Waals surface area contributed by atoms with Gasteiger partial charge in [-0.25, -0.2) is 15.0 Å². The fraction of sp³-hybridized carbons (Fsp3) is 0.235. The Kier molecular flexibility index (Phi) is 5.43. The zero-order chi connectivity index (χ0) is 17.1. The zero-order valence-corrected chi connectivity index (χ0v) is 15.6. The maximum Gasteiger partial charge on any atom is 0.188 e. The highest BCUT2D eigenvalue weighted by atomic mass is 35.5. The number of nitrogens with zero attached hydrogens (tertiary/aromatic N) is 4. The molecular weight excluding hydrogens is 363 g/mol. The molecule has 0 saturated carbocycles. The molecule has 7 heteroatoms. The molecule has 0 amide bonds. The van der Waals surface area contributed by atoms with Gasteiger partial charge < -0.3 is 4.57 Å². The van der Waals surface area contributed by atoms with Crippen LogP contribution in [0.5, 0.6) is 0 Å².